The van der Waals surface area contributed by atoms with E-state index in [2.05, 4.69) is 22.6 Å². The van der Waals surface area contributed by atoms with E-state index in [4.69, 9.17) is 5.11 Å². The maximum absolute atomic E-state index is 8.75. The molecule has 0 aromatic heterocycles. The van der Waals surface area contributed by atoms with Gasteiger partial charge in [0.05, 0.1) is 0 Å². The second-order valence-corrected chi connectivity index (χ2v) is 2.72. The fourth-order valence-electron chi connectivity index (χ4n) is 0.441. The Balaban J connectivity index is 0. The van der Waals surface area contributed by atoms with Gasteiger partial charge in [0.15, 0.2) is 0 Å². The van der Waals surface area contributed by atoms with Crippen LogP contribution in [0.5, 0.6) is 5.75 Å². The molecule has 9 heavy (non-hydrogen) atoms. The first-order chi connectivity index (χ1) is 3.79. The van der Waals surface area contributed by atoms with Crippen molar-refractivity contribution in [2.75, 3.05) is 0 Å². The van der Waals surface area contributed by atoms with Crippen molar-refractivity contribution in [2.24, 2.45) is 0 Å². The summed E-state index contributed by atoms with van der Waals surface area (Å²) in [5.41, 5.74) is 0. The van der Waals surface area contributed by atoms with Gasteiger partial charge in [-0.1, -0.05) is 0 Å². The monoisotopic (exact) mass is 244 g/mol. The maximum Gasteiger partial charge on any atom is 1.00 e. The number of halogens is 1. The zero-order valence-corrected chi connectivity index (χ0v) is 9.29. The fraction of sp³-hybridized carbons (Fsp3) is 0. The van der Waals surface area contributed by atoms with Gasteiger partial charge in [0, 0.05) is 3.57 Å². The largest absolute Gasteiger partial charge is 1.00 e. The third-order valence-corrected chi connectivity index (χ3v) is 1.55. The first-order valence-electron chi connectivity index (χ1n) is 2.23. The molecule has 0 radical (unpaired) electrons. The van der Waals surface area contributed by atoms with Crippen LogP contribution in [0.4, 0.5) is 0 Å². The molecule has 0 unspecified atom stereocenters. The molecule has 0 aliphatic rings. The van der Waals surface area contributed by atoms with Crippen molar-refractivity contribution in [3.05, 3.63) is 27.8 Å². The quantitative estimate of drug-likeness (QED) is 0.464. The molecule has 0 aliphatic carbocycles. The summed E-state index contributed by atoms with van der Waals surface area (Å²) in [5.74, 6) is 0.324. The van der Waals surface area contributed by atoms with Crippen LogP contribution in [0.3, 0.4) is 0 Å². The Hall–Kier alpha value is 0.750. The normalized spacial score (nSPS) is 8.11. The van der Waals surface area contributed by atoms with Gasteiger partial charge < -0.3 is 6.53 Å². The molecular formula is C6H6INaO. The number of phenols is 1. The predicted octanol–water partition coefficient (Wildman–Crippen LogP) is -0.887. The van der Waals surface area contributed by atoms with Crippen molar-refractivity contribution in [1.29, 1.82) is 0 Å². The summed E-state index contributed by atoms with van der Waals surface area (Å²) in [6, 6.07) is 7.05. The van der Waals surface area contributed by atoms with Crippen LogP contribution in [-0.2, 0) is 0 Å². The number of aromatic hydroxyl groups is 1. The van der Waals surface area contributed by atoms with Crippen LogP contribution >= 0.6 is 22.6 Å². The Kier molecular flexibility index (Phi) is 4.93. The molecule has 44 valence electrons. The third-order valence-electron chi connectivity index (χ3n) is 0.827. The molecule has 0 aliphatic heterocycles. The van der Waals surface area contributed by atoms with Crippen molar-refractivity contribution in [1.82, 2.24) is 0 Å². The molecule has 1 nitrogen and oxygen atoms in total. The van der Waals surface area contributed by atoms with Crippen molar-refractivity contribution in [3.8, 4) is 5.75 Å². The van der Waals surface area contributed by atoms with Crippen LogP contribution in [0.25, 0.3) is 0 Å². The average Bonchev–Trinajstić information content (AvgIpc) is 1.77. The van der Waals surface area contributed by atoms with Gasteiger partial charge in [-0.25, -0.2) is 0 Å². The third kappa shape index (κ3) is 3.45. The Labute approximate surface area is 91.4 Å². The van der Waals surface area contributed by atoms with E-state index < -0.39 is 0 Å². The zero-order valence-electron chi connectivity index (χ0n) is 6.13. The van der Waals surface area contributed by atoms with Gasteiger partial charge in [-0.15, -0.1) is 0 Å². The van der Waals surface area contributed by atoms with Gasteiger partial charge in [-0.05, 0) is 46.9 Å². The second kappa shape index (κ2) is 4.55. The van der Waals surface area contributed by atoms with E-state index in [1.165, 1.54) is 0 Å². The van der Waals surface area contributed by atoms with Crippen LogP contribution < -0.4 is 29.6 Å². The van der Waals surface area contributed by atoms with Gasteiger partial charge in [0.2, 0.25) is 0 Å². The Bertz CT molecular complexity index is 157. The number of phenolic OH excluding ortho intramolecular Hbond substituents is 1. The van der Waals surface area contributed by atoms with Gasteiger partial charge in [0.25, 0.3) is 0 Å². The molecule has 0 spiro atoms. The maximum atomic E-state index is 8.75. The van der Waals surface area contributed by atoms with E-state index in [0.717, 1.165) is 3.57 Å². The molecule has 1 rings (SSSR count). The van der Waals surface area contributed by atoms with Crippen LogP contribution in [0, 0.1) is 3.57 Å². The van der Waals surface area contributed by atoms with Crippen LogP contribution in [0.2, 0.25) is 0 Å². The Morgan fingerprint density at radius 3 is 2.00 bits per heavy atom. The molecule has 0 amide bonds. The van der Waals surface area contributed by atoms with E-state index in [1.807, 2.05) is 12.1 Å². The molecule has 1 aromatic rings. The molecule has 0 heterocycles. The molecule has 0 atom stereocenters. The SMILES string of the molecule is Oc1ccc(I)cc1.[H-].[Na+]. The predicted molar refractivity (Wildman–Crippen MR) is 41.9 cm³/mol. The minimum Gasteiger partial charge on any atom is -1.00 e. The topological polar surface area (TPSA) is 20.2 Å². The molecule has 0 fully saturated rings. The summed E-state index contributed by atoms with van der Waals surface area (Å²) in [6.07, 6.45) is 0. The van der Waals surface area contributed by atoms with Crippen LogP contribution in [-0.4, -0.2) is 5.11 Å². The number of hydrogen-bond donors (Lipinski definition) is 1. The van der Waals surface area contributed by atoms with Gasteiger partial charge in [-0.2, -0.15) is 0 Å². The van der Waals surface area contributed by atoms with E-state index in [0.29, 0.717) is 5.75 Å². The summed E-state index contributed by atoms with van der Waals surface area (Å²) in [6.45, 7) is 0. The molecule has 0 saturated heterocycles. The van der Waals surface area contributed by atoms with Crippen molar-refractivity contribution in [2.45, 2.75) is 0 Å². The van der Waals surface area contributed by atoms with Crippen LogP contribution in [0.1, 0.15) is 1.43 Å². The van der Waals surface area contributed by atoms with E-state index in [9.17, 15) is 0 Å². The minimum absolute atomic E-state index is 0. The van der Waals surface area contributed by atoms with E-state index in [-0.39, 0.29) is 31.0 Å². The minimum atomic E-state index is 0. The van der Waals surface area contributed by atoms with Gasteiger partial charge in [-0.3, -0.25) is 0 Å². The van der Waals surface area contributed by atoms with Crippen LogP contribution in [0.15, 0.2) is 24.3 Å². The van der Waals surface area contributed by atoms with Gasteiger partial charge in [0.1, 0.15) is 5.75 Å². The fourth-order valence-corrected chi connectivity index (χ4v) is 0.801. The summed E-state index contributed by atoms with van der Waals surface area (Å²) >= 11 is 2.19. The molecule has 1 aromatic carbocycles. The van der Waals surface area contributed by atoms with Crippen molar-refractivity contribution < 1.29 is 36.1 Å². The Morgan fingerprint density at radius 1 is 1.22 bits per heavy atom. The summed E-state index contributed by atoms with van der Waals surface area (Å²) < 4.78 is 1.14. The number of hydrogen-bond acceptors (Lipinski definition) is 1. The second-order valence-electron chi connectivity index (χ2n) is 1.48. The summed E-state index contributed by atoms with van der Waals surface area (Å²) in [4.78, 5) is 0. The molecule has 0 saturated carbocycles. The molecule has 0 bridgehead atoms. The van der Waals surface area contributed by atoms with Crippen molar-refractivity contribution in [3.63, 3.8) is 0 Å². The molecular weight excluding hydrogens is 238 g/mol. The average molecular weight is 244 g/mol. The Morgan fingerprint density at radius 2 is 1.67 bits per heavy atom. The first kappa shape index (κ1) is 9.75. The number of rotatable bonds is 0. The smallest absolute Gasteiger partial charge is 1.00 e. The van der Waals surface area contributed by atoms with Gasteiger partial charge >= 0.3 is 29.6 Å². The zero-order chi connectivity index (χ0) is 5.98. The van der Waals surface area contributed by atoms with E-state index in [1.54, 1.807) is 12.1 Å². The number of benzene rings is 1. The van der Waals surface area contributed by atoms with E-state index >= 15 is 0 Å². The van der Waals surface area contributed by atoms with Crippen molar-refractivity contribution >= 4 is 22.6 Å². The summed E-state index contributed by atoms with van der Waals surface area (Å²) in [7, 11) is 0. The molecule has 1 N–H and O–H groups in total. The first-order valence-corrected chi connectivity index (χ1v) is 3.31. The standard InChI is InChI=1S/C6H5IO.Na.H/c7-5-1-3-6(8)4-2-5;;/h1-4,8H;;/q;+1;-1. The molecule has 3 heteroatoms. The summed E-state index contributed by atoms with van der Waals surface area (Å²) in [5, 5.41) is 8.75.